The number of hydrogen-bond acceptors (Lipinski definition) is 11. The van der Waals surface area contributed by atoms with Crippen LogP contribution in [0.4, 0.5) is 18.0 Å². The van der Waals surface area contributed by atoms with E-state index in [4.69, 9.17) is 23.9 Å². The maximum atomic E-state index is 14.9. The first-order valence-corrected chi connectivity index (χ1v) is 22.3. The summed E-state index contributed by atoms with van der Waals surface area (Å²) < 4.78 is 91.3. The van der Waals surface area contributed by atoms with E-state index in [0.717, 1.165) is 31.2 Å². The second-order valence-electron chi connectivity index (χ2n) is 17.8. The Morgan fingerprint density at radius 1 is 1.15 bits per heavy atom. The Kier molecular flexibility index (Phi) is 12.2. The fraction of sp³-hybridized carbons (Fsp3) is 0.643. The van der Waals surface area contributed by atoms with Gasteiger partial charge in [0, 0.05) is 23.3 Å². The molecule has 4 heterocycles. The summed E-state index contributed by atoms with van der Waals surface area (Å²) >= 11 is 0. The van der Waals surface area contributed by atoms with Gasteiger partial charge in [-0.2, -0.15) is 4.98 Å². The molecular formula is C42H54F3N5O10S. The molecular weight excluding hydrogens is 824 g/mol. The third-order valence-electron chi connectivity index (χ3n) is 12.8. The average molecular weight is 878 g/mol. The molecule has 19 heteroatoms. The van der Waals surface area contributed by atoms with E-state index >= 15 is 0 Å². The van der Waals surface area contributed by atoms with E-state index in [2.05, 4.69) is 15.4 Å². The standard InChI is InChI=1S/C42H54F3N5O10S/c1-23-9-6-7-10-25-20-42(25,38(53)49-61(55,56)41(22-43)14-15-41)48-33(51)31-19-27(21-50(31)36(52)32(24(2)17-23)46-39(54)60-40(3,4)37(44)45)59-35-29-13-12-26(57-5)18-30(29)28-11-8-16-58-34(28)47-35/h7,10,12-13,18,23-25,27,31-32,37H,6,8-9,11,14-17,19-22H2,1-5H3,(H,46,54)(H,48,51)(H,49,53)/b10-7-/t23-,24-,25-,27-,31+,32+,42-/m1/s1. The van der Waals surface area contributed by atoms with Gasteiger partial charge in [0.25, 0.3) is 12.3 Å². The van der Waals surface area contributed by atoms with Crippen molar-refractivity contribution in [2.24, 2.45) is 17.8 Å². The minimum absolute atomic E-state index is 0.0161. The molecule has 61 heavy (non-hydrogen) atoms. The molecule has 3 fully saturated rings. The van der Waals surface area contributed by atoms with Gasteiger partial charge in [-0.05, 0) is 101 Å². The average Bonchev–Trinajstić information content (AvgIpc) is 4.12. The number of alkyl halides is 3. The van der Waals surface area contributed by atoms with Gasteiger partial charge >= 0.3 is 6.09 Å². The zero-order valence-corrected chi connectivity index (χ0v) is 35.7. The molecule has 1 aromatic heterocycles. The van der Waals surface area contributed by atoms with E-state index in [9.17, 15) is 40.8 Å². The summed E-state index contributed by atoms with van der Waals surface area (Å²) in [6.45, 7) is 4.84. The monoisotopic (exact) mass is 877 g/mol. The van der Waals surface area contributed by atoms with Gasteiger partial charge < -0.3 is 34.5 Å². The molecule has 0 radical (unpaired) electrons. The molecule has 3 N–H and O–H groups in total. The van der Waals surface area contributed by atoms with Crippen LogP contribution in [0.15, 0.2) is 30.4 Å². The van der Waals surface area contributed by atoms with Crippen molar-refractivity contribution in [3.05, 3.63) is 35.9 Å². The number of carbonyl (C=O) groups is 4. The van der Waals surface area contributed by atoms with Crippen LogP contribution in [-0.4, -0.2) is 110 Å². The van der Waals surface area contributed by atoms with Crippen molar-refractivity contribution >= 4 is 44.6 Å². The van der Waals surface area contributed by atoms with E-state index in [0.29, 0.717) is 49.3 Å². The van der Waals surface area contributed by atoms with Crippen LogP contribution < -0.4 is 29.6 Å². The Bertz CT molecular complexity index is 2200. The van der Waals surface area contributed by atoms with Gasteiger partial charge in [-0.3, -0.25) is 19.1 Å². The van der Waals surface area contributed by atoms with Crippen molar-refractivity contribution in [1.29, 1.82) is 0 Å². The number of carbonyl (C=O) groups excluding carboxylic acids is 4. The molecule has 3 aliphatic heterocycles. The lowest BCUT2D eigenvalue weighted by atomic mass is 9.88. The third-order valence-corrected chi connectivity index (χ3v) is 14.9. The highest BCUT2D eigenvalue weighted by atomic mass is 32.2. The van der Waals surface area contributed by atoms with Crippen LogP contribution in [0.25, 0.3) is 10.8 Å². The fourth-order valence-corrected chi connectivity index (χ4v) is 10.1. The van der Waals surface area contributed by atoms with Crippen LogP contribution in [0.2, 0.25) is 0 Å². The number of allylic oxidation sites excluding steroid dienone is 1. The van der Waals surface area contributed by atoms with E-state index in [1.54, 1.807) is 32.2 Å². The van der Waals surface area contributed by atoms with Crippen molar-refractivity contribution in [3.63, 3.8) is 0 Å². The van der Waals surface area contributed by atoms with Crippen molar-refractivity contribution in [1.82, 2.24) is 25.2 Å². The third kappa shape index (κ3) is 8.80. The predicted octanol–water partition coefficient (Wildman–Crippen LogP) is 4.89. The number of aryl methyl sites for hydroxylation is 1. The number of fused-ring (bicyclic) bond motifs is 5. The van der Waals surface area contributed by atoms with Crippen molar-refractivity contribution < 1.29 is 59.7 Å². The smallest absolute Gasteiger partial charge is 0.408 e. The molecule has 4 amide bonds. The Morgan fingerprint density at radius 3 is 2.59 bits per heavy atom. The summed E-state index contributed by atoms with van der Waals surface area (Å²) in [6.07, 6.45) is 1.45. The van der Waals surface area contributed by atoms with Gasteiger partial charge in [0.05, 0.1) is 20.3 Å². The number of nitrogens with zero attached hydrogens (tertiary/aromatic N) is 2. The van der Waals surface area contributed by atoms with Crippen molar-refractivity contribution in [2.75, 3.05) is 26.9 Å². The Morgan fingerprint density at radius 2 is 1.90 bits per heavy atom. The summed E-state index contributed by atoms with van der Waals surface area (Å²) in [5, 5.41) is 6.71. The molecule has 2 aromatic rings. The quantitative estimate of drug-likeness (QED) is 0.276. The number of benzene rings is 1. The Balaban J connectivity index is 1.25. The van der Waals surface area contributed by atoms with Gasteiger partial charge in [0.2, 0.25) is 33.6 Å². The molecule has 1 saturated heterocycles. The number of pyridine rings is 1. The number of sulfonamides is 1. The summed E-state index contributed by atoms with van der Waals surface area (Å²) in [5.74, 6) is -2.62. The predicted molar refractivity (Wildman–Crippen MR) is 215 cm³/mol. The van der Waals surface area contributed by atoms with Crippen LogP contribution in [0.1, 0.15) is 84.6 Å². The van der Waals surface area contributed by atoms with Crippen LogP contribution in [0.3, 0.4) is 0 Å². The molecule has 0 bridgehead atoms. The van der Waals surface area contributed by atoms with Gasteiger partial charge in [-0.25, -0.2) is 26.4 Å². The molecule has 5 aliphatic rings. The Hall–Kier alpha value is -4.81. The normalized spacial score (nSPS) is 29.4. The number of aromatic nitrogens is 1. The van der Waals surface area contributed by atoms with E-state index in [1.807, 2.05) is 19.1 Å². The SMILES string of the molecule is COc1ccc2c(O[C@@H]3C[C@H]4C(=O)N[C@]5(C(=O)NS(=O)(=O)C6(CF)CC6)C[C@H]5/C=C\CC[C@@H](C)C[C@@H](C)[C@H](NC(=O)OC(C)(C)C(F)F)C(=O)N4C3)nc3c(c2c1)CCCO3. The van der Waals surface area contributed by atoms with Gasteiger partial charge in [0.15, 0.2) is 5.60 Å². The number of ether oxygens (including phenoxy) is 4. The number of hydrogen-bond donors (Lipinski definition) is 3. The summed E-state index contributed by atoms with van der Waals surface area (Å²) in [7, 11) is -2.90. The fourth-order valence-electron chi connectivity index (χ4n) is 8.64. The maximum absolute atomic E-state index is 14.9. The van der Waals surface area contributed by atoms with Gasteiger partial charge in [-0.15, -0.1) is 0 Å². The summed E-state index contributed by atoms with van der Waals surface area (Å²) in [4.78, 5) is 62.7. The molecule has 7 rings (SSSR count). The highest BCUT2D eigenvalue weighted by Crippen LogP contribution is 2.48. The van der Waals surface area contributed by atoms with Crippen molar-refractivity contribution in [2.45, 2.75) is 126 Å². The lowest BCUT2D eigenvalue weighted by Crippen LogP contribution is -2.59. The number of methoxy groups -OCH3 is 1. The zero-order chi connectivity index (χ0) is 44.1. The lowest BCUT2D eigenvalue weighted by Gasteiger charge is -2.33. The largest absolute Gasteiger partial charge is 0.497 e. The van der Waals surface area contributed by atoms with Crippen LogP contribution in [0, 0.1) is 17.8 Å². The minimum Gasteiger partial charge on any atom is -0.497 e. The molecule has 7 atom stereocenters. The molecule has 2 aliphatic carbocycles. The van der Waals surface area contributed by atoms with Crippen molar-refractivity contribution in [3.8, 4) is 17.5 Å². The first-order chi connectivity index (χ1) is 28.8. The zero-order valence-electron chi connectivity index (χ0n) is 34.9. The molecule has 334 valence electrons. The number of alkyl carbamates (subject to hydrolysis) is 1. The molecule has 0 spiro atoms. The van der Waals surface area contributed by atoms with E-state index < -0.39 is 92.8 Å². The number of rotatable bonds is 10. The molecule has 1 aromatic carbocycles. The first kappa shape index (κ1) is 44.3. The van der Waals surface area contributed by atoms with E-state index in [1.165, 1.54) is 4.90 Å². The van der Waals surface area contributed by atoms with E-state index in [-0.39, 0.29) is 44.0 Å². The van der Waals surface area contributed by atoms with Crippen LogP contribution in [0.5, 0.6) is 17.5 Å². The maximum Gasteiger partial charge on any atom is 0.408 e. The highest BCUT2D eigenvalue weighted by Gasteiger charge is 2.64. The molecule has 0 unspecified atom stereocenters. The van der Waals surface area contributed by atoms with Gasteiger partial charge in [0.1, 0.15) is 40.9 Å². The second-order valence-corrected chi connectivity index (χ2v) is 19.9. The van der Waals surface area contributed by atoms with Gasteiger partial charge in [-0.1, -0.05) is 26.0 Å². The Labute approximate surface area is 352 Å². The highest BCUT2D eigenvalue weighted by molar-refractivity contribution is 7.91. The summed E-state index contributed by atoms with van der Waals surface area (Å²) in [5.41, 5.74) is -3.05. The molecule has 15 nitrogen and oxygen atoms in total. The first-order valence-electron chi connectivity index (χ1n) is 20.8. The number of amides is 4. The van der Waals surface area contributed by atoms with Crippen LogP contribution >= 0.6 is 0 Å². The van der Waals surface area contributed by atoms with Crippen LogP contribution in [-0.2, 0) is 35.6 Å². The second kappa shape index (κ2) is 16.8. The topological polar surface area (TPSA) is 192 Å². The number of nitrogens with one attached hydrogen (secondary N) is 3. The summed E-state index contributed by atoms with van der Waals surface area (Å²) in [6, 6.07) is 2.70. The number of halogens is 3. The molecule has 2 saturated carbocycles. The lowest BCUT2D eigenvalue weighted by molar-refractivity contribution is -0.142. The minimum atomic E-state index is -4.45.